The van der Waals surface area contributed by atoms with Gasteiger partial charge in [-0.05, 0) is 50.0 Å². The van der Waals surface area contributed by atoms with Crippen molar-refractivity contribution in [3.05, 3.63) is 24.3 Å². The lowest BCUT2D eigenvalue weighted by molar-refractivity contribution is -0.187. The molecule has 3 fully saturated rings. The third-order valence-corrected chi connectivity index (χ3v) is 10.1. The normalized spacial score (nSPS) is 49.0. The first-order valence-electron chi connectivity index (χ1n) is 11.2. The van der Waals surface area contributed by atoms with Crippen LogP contribution in [-0.2, 0) is 14.3 Å². The lowest BCUT2D eigenvalue weighted by Gasteiger charge is -2.64. The number of ether oxygens (including phenoxy) is 1. The van der Waals surface area contributed by atoms with Gasteiger partial charge in [0.05, 0.1) is 17.6 Å². The molecule has 8 atom stereocenters. The van der Waals surface area contributed by atoms with E-state index in [0.29, 0.717) is 32.1 Å². The van der Waals surface area contributed by atoms with Crippen LogP contribution in [0.1, 0.15) is 52.4 Å². The lowest BCUT2D eigenvalue weighted by Crippen LogP contribution is -2.69. The number of rotatable bonds is 5. The molecule has 0 bridgehead atoms. The van der Waals surface area contributed by atoms with Gasteiger partial charge in [-0.15, -0.1) is 18.2 Å². The fraction of sp³-hybridized carbons (Fsp3) is 0.750. The van der Waals surface area contributed by atoms with Crippen molar-refractivity contribution >= 4 is 23.2 Å². The minimum Gasteiger partial charge on any atom is -0.388 e. The number of aliphatic hydroxyl groups excluding tert-OH is 1. The van der Waals surface area contributed by atoms with Crippen LogP contribution in [0.5, 0.6) is 0 Å². The number of halogens is 2. The summed E-state index contributed by atoms with van der Waals surface area (Å²) in [5.41, 5.74) is -2.87. The first-order chi connectivity index (χ1) is 14.5. The first-order valence-corrected chi connectivity index (χ1v) is 11.5. The number of aliphatic hydroxyl groups is 2. The monoisotopic (exact) mass is 454 g/mol. The van der Waals surface area contributed by atoms with Crippen molar-refractivity contribution in [1.82, 2.24) is 0 Å². The molecule has 0 heterocycles. The van der Waals surface area contributed by atoms with Gasteiger partial charge < -0.3 is 14.9 Å². The maximum Gasteiger partial charge on any atom is 0.192 e. The van der Waals surface area contributed by atoms with Crippen LogP contribution < -0.4 is 0 Å². The van der Waals surface area contributed by atoms with E-state index in [1.807, 2.05) is 6.92 Å². The second-order valence-corrected chi connectivity index (χ2v) is 10.9. The van der Waals surface area contributed by atoms with E-state index in [1.54, 1.807) is 13.0 Å². The van der Waals surface area contributed by atoms with Gasteiger partial charge in [0.1, 0.15) is 12.8 Å². The number of alkyl halides is 2. The summed E-state index contributed by atoms with van der Waals surface area (Å²) in [4.78, 5) is 23.7. The molecule has 0 amide bonds. The predicted octanol–water partition coefficient (Wildman–Crippen LogP) is 3.30. The molecule has 4 aliphatic carbocycles. The molecule has 31 heavy (non-hydrogen) atoms. The highest BCUT2D eigenvalue weighted by atomic mass is 35.5. The highest BCUT2D eigenvalue weighted by Crippen LogP contribution is 2.71. The average molecular weight is 455 g/mol. The second kappa shape index (κ2) is 7.47. The maximum absolute atomic E-state index is 16.2. The number of hydrogen-bond acceptors (Lipinski definition) is 5. The number of ketones is 2. The van der Waals surface area contributed by atoms with Crippen LogP contribution in [0.4, 0.5) is 4.39 Å². The number of Topliss-reactive ketones (excluding diaryl/α,β-unsaturated/α-hetero) is 1. The van der Waals surface area contributed by atoms with Crippen molar-refractivity contribution in [1.29, 1.82) is 0 Å². The topological polar surface area (TPSA) is 83.8 Å². The second-order valence-electron chi connectivity index (χ2n) is 10.3. The van der Waals surface area contributed by atoms with Crippen LogP contribution in [-0.4, -0.2) is 57.7 Å². The van der Waals surface area contributed by atoms with Gasteiger partial charge in [0.15, 0.2) is 17.2 Å². The Hall–Kier alpha value is -1.08. The number of carbonyl (C=O) groups excluding carboxylic acids is 2. The van der Waals surface area contributed by atoms with E-state index >= 15 is 4.39 Å². The van der Waals surface area contributed by atoms with Gasteiger partial charge in [-0.25, -0.2) is 4.39 Å². The van der Waals surface area contributed by atoms with Gasteiger partial charge in [-0.1, -0.05) is 25.5 Å². The first kappa shape index (κ1) is 23.1. The molecular formula is C24H32ClFO5. The van der Waals surface area contributed by atoms with Crippen molar-refractivity contribution in [3.63, 3.8) is 0 Å². The van der Waals surface area contributed by atoms with Crippen LogP contribution >= 0.6 is 11.6 Å². The van der Waals surface area contributed by atoms with Crippen LogP contribution in [0, 0.1) is 22.7 Å². The number of hydrogen-bond donors (Lipinski definition) is 2. The Labute approximate surface area is 187 Å². The molecule has 0 aromatic carbocycles. The van der Waals surface area contributed by atoms with Crippen molar-refractivity contribution in [2.75, 3.05) is 13.2 Å². The molecule has 0 saturated heterocycles. The number of allylic oxidation sites excluding steroid dienone is 1. The number of fused-ring (bicyclic) bond motifs is 5. The number of carbonyl (C=O) groups is 2. The van der Waals surface area contributed by atoms with E-state index in [0.717, 1.165) is 5.57 Å². The van der Waals surface area contributed by atoms with E-state index in [9.17, 15) is 19.8 Å². The lowest BCUT2D eigenvalue weighted by atomic mass is 9.45. The molecule has 5 nitrogen and oxygen atoms in total. The molecular weight excluding hydrogens is 423 g/mol. The van der Waals surface area contributed by atoms with Gasteiger partial charge in [-0.3, -0.25) is 9.59 Å². The molecule has 2 unspecified atom stereocenters. The van der Waals surface area contributed by atoms with Crippen molar-refractivity contribution < 1.29 is 28.9 Å². The summed E-state index contributed by atoms with van der Waals surface area (Å²) in [6.45, 7) is 6.63. The molecule has 0 aromatic heterocycles. The molecule has 7 heteroatoms. The van der Waals surface area contributed by atoms with Gasteiger partial charge in [-0.2, -0.15) is 0 Å². The Balaban J connectivity index is 1.81. The molecule has 0 radical (unpaired) electrons. The summed E-state index contributed by atoms with van der Waals surface area (Å²) in [6.07, 6.45) is 3.14. The van der Waals surface area contributed by atoms with E-state index < -0.39 is 46.0 Å². The highest BCUT2D eigenvalue weighted by Gasteiger charge is 2.76. The zero-order valence-corrected chi connectivity index (χ0v) is 19.0. The van der Waals surface area contributed by atoms with Crippen molar-refractivity contribution in [2.45, 2.75) is 75.1 Å². The minimum atomic E-state index is -2.00. The standard InChI is InChI=1S/C24H32ClFO5/c1-4-9-31-20-11-17-16-6-5-14-10-15(28)7-8-21(14,2)23(16,25)18(26)12-22(17,3)24(20,30)19(29)13-27/h4,10,16-18,20,27,30H,1,5-9,11-13H2,2-3H3/t16-,17-,18?,20?,21-,22-,23-,24+/m0/s1. The van der Waals surface area contributed by atoms with Crippen molar-refractivity contribution in [3.8, 4) is 0 Å². The molecule has 172 valence electrons. The third kappa shape index (κ3) is 2.77. The van der Waals surface area contributed by atoms with Gasteiger partial charge in [0.2, 0.25) is 0 Å². The Kier molecular flexibility index (Phi) is 5.57. The maximum atomic E-state index is 16.2. The Morgan fingerprint density at radius 2 is 2.10 bits per heavy atom. The van der Waals surface area contributed by atoms with Gasteiger partial charge in [0.25, 0.3) is 0 Å². The Morgan fingerprint density at radius 3 is 2.74 bits per heavy atom. The SMILES string of the molecule is C=CCOC1C[C@H]2[C@@H]3CCC4=CC(=O)CC[C@]4(C)[C@@]3(Cl)C(F)C[C@]2(C)[C@@]1(O)C(=O)CO. The Morgan fingerprint density at radius 1 is 1.39 bits per heavy atom. The molecule has 4 rings (SSSR count). The van der Waals surface area contributed by atoms with Gasteiger partial charge in [0, 0.05) is 17.3 Å². The summed E-state index contributed by atoms with van der Waals surface area (Å²) in [5.74, 6) is -1.24. The van der Waals surface area contributed by atoms with Crippen LogP contribution in [0.3, 0.4) is 0 Å². The molecule has 3 saturated carbocycles. The zero-order chi connectivity index (χ0) is 22.8. The largest absolute Gasteiger partial charge is 0.388 e. The fourth-order valence-corrected chi connectivity index (χ4v) is 8.04. The predicted molar refractivity (Wildman–Crippen MR) is 114 cm³/mol. The van der Waals surface area contributed by atoms with E-state index in [-0.39, 0.29) is 30.6 Å². The van der Waals surface area contributed by atoms with E-state index in [2.05, 4.69) is 6.58 Å². The quantitative estimate of drug-likeness (QED) is 0.492. The molecule has 0 spiro atoms. The highest BCUT2D eigenvalue weighted by molar-refractivity contribution is 6.26. The summed E-state index contributed by atoms with van der Waals surface area (Å²) in [7, 11) is 0. The van der Waals surface area contributed by atoms with E-state index in [4.69, 9.17) is 16.3 Å². The smallest absolute Gasteiger partial charge is 0.192 e. The van der Waals surface area contributed by atoms with Crippen LogP contribution in [0.25, 0.3) is 0 Å². The molecule has 4 aliphatic rings. The Bertz CT molecular complexity index is 844. The van der Waals surface area contributed by atoms with Crippen LogP contribution in [0.15, 0.2) is 24.3 Å². The molecule has 0 aliphatic heterocycles. The summed E-state index contributed by atoms with van der Waals surface area (Å²) < 4.78 is 22.0. The van der Waals surface area contributed by atoms with Crippen molar-refractivity contribution in [2.24, 2.45) is 22.7 Å². The molecule has 0 aromatic rings. The third-order valence-electron chi connectivity index (χ3n) is 9.18. The fourth-order valence-electron chi connectivity index (χ4n) is 7.49. The molecule has 2 N–H and O–H groups in total. The van der Waals surface area contributed by atoms with E-state index in [1.165, 1.54) is 6.08 Å². The minimum absolute atomic E-state index is 0.0592. The van der Waals surface area contributed by atoms with Gasteiger partial charge >= 0.3 is 0 Å². The zero-order valence-electron chi connectivity index (χ0n) is 18.2. The average Bonchev–Trinajstić information content (AvgIpc) is 2.95. The summed E-state index contributed by atoms with van der Waals surface area (Å²) >= 11 is 7.28. The summed E-state index contributed by atoms with van der Waals surface area (Å²) in [5, 5.41) is 21.3. The van der Waals surface area contributed by atoms with Crippen LogP contribution in [0.2, 0.25) is 0 Å². The summed E-state index contributed by atoms with van der Waals surface area (Å²) in [6, 6.07) is 0.